The van der Waals surface area contributed by atoms with Crippen LogP contribution in [0.4, 0.5) is 11.8 Å². The molecule has 1 aromatic heterocycles. The first-order valence-corrected chi connectivity index (χ1v) is 11.6. The fourth-order valence-electron chi connectivity index (χ4n) is 4.34. The normalized spacial score (nSPS) is 17.8. The highest BCUT2D eigenvalue weighted by Crippen LogP contribution is 2.30. The zero-order valence-corrected chi connectivity index (χ0v) is 20.2. The van der Waals surface area contributed by atoms with E-state index in [0.29, 0.717) is 17.4 Å². The Labute approximate surface area is 200 Å². The second-order valence-corrected chi connectivity index (χ2v) is 8.80. The maximum Gasteiger partial charge on any atom is 0.309 e. The van der Waals surface area contributed by atoms with Crippen molar-refractivity contribution >= 4 is 28.6 Å². The molecular formula is C26H32N4O4. The summed E-state index contributed by atoms with van der Waals surface area (Å²) < 4.78 is 16.2. The minimum Gasteiger partial charge on any atom is -0.497 e. The van der Waals surface area contributed by atoms with Gasteiger partial charge >= 0.3 is 5.97 Å². The van der Waals surface area contributed by atoms with E-state index in [1.807, 2.05) is 55.4 Å². The van der Waals surface area contributed by atoms with E-state index in [9.17, 15) is 4.79 Å². The van der Waals surface area contributed by atoms with Crippen LogP contribution < -0.4 is 19.7 Å². The van der Waals surface area contributed by atoms with Gasteiger partial charge in [-0.25, -0.2) is 4.98 Å². The van der Waals surface area contributed by atoms with E-state index in [2.05, 4.69) is 5.32 Å². The number of ether oxygens (including phenoxy) is 3. The van der Waals surface area contributed by atoms with Crippen LogP contribution in [-0.2, 0) is 16.1 Å². The minimum absolute atomic E-state index is 0.0968. The molecule has 1 aliphatic rings. The molecule has 1 saturated carbocycles. The predicted molar refractivity (Wildman–Crippen MR) is 133 cm³/mol. The van der Waals surface area contributed by atoms with Gasteiger partial charge in [0.05, 0.1) is 25.7 Å². The maximum atomic E-state index is 12.7. The van der Waals surface area contributed by atoms with Gasteiger partial charge in [-0.2, -0.15) is 4.98 Å². The third-order valence-corrected chi connectivity index (χ3v) is 6.19. The highest BCUT2D eigenvalue weighted by molar-refractivity contribution is 5.90. The third kappa shape index (κ3) is 5.50. The topological polar surface area (TPSA) is 85.8 Å². The molecule has 0 atom stereocenters. The molecule has 1 fully saturated rings. The van der Waals surface area contributed by atoms with Crippen molar-refractivity contribution in [2.24, 2.45) is 5.92 Å². The second-order valence-electron chi connectivity index (χ2n) is 8.80. The summed E-state index contributed by atoms with van der Waals surface area (Å²) >= 11 is 0. The molecule has 3 aromatic rings. The quantitative estimate of drug-likeness (QED) is 0.490. The van der Waals surface area contributed by atoms with E-state index >= 15 is 0 Å². The SMILES string of the molecule is COc1cc(COC(=O)C2CCC(Nc3nc(N(C)C)c4ccccc4n3)CC2)cc(OC)c1. The Morgan fingerprint density at radius 3 is 2.32 bits per heavy atom. The Kier molecular flexibility index (Phi) is 7.35. The van der Waals surface area contributed by atoms with Crippen LogP contribution in [0.15, 0.2) is 42.5 Å². The number of para-hydroxylation sites is 1. The van der Waals surface area contributed by atoms with E-state index in [1.165, 1.54) is 0 Å². The number of nitrogens with zero attached hydrogens (tertiary/aromatic N) is 3. The standard InChI is InChI=1S/C26H32N4O4/c1-30(2)24-22-7-5-6-8-23(22)28-26(29-24)27-19-11-9-18(10-12-19)25(31)34-16-17-13-20(32-3)15-21(14-17)33-4/h5-8,13-15,18-19H,9-12,16H2,1-4H3,(H,27,28,29). The molecule has 1 heterocycles. The highest BCUT2D eigenvalue weighted by atomic mass is 16.5. The molecule has 0 unspecified atom stereocenters. The number of methoxy groups -OCH3 is 2. The molecule has 0 amide bonds. The molecule has 0 radical (unpaired) electrons. The number of hydrogen-bond acceptors (Lipinski definition) is 8. The summed E-state index contributed by atoms with van der Waals surface area (Å²) in [4.78, 5) is 24.1. The van der Waals surface area contributed by atoms with Crippen LogP contribution in [-0.4, -0.2) is 50.3 Å². The van der Waals surface area contributed by atoms with Gasteiger partial charge in [0.25, 0.3) is 0 Å². The van der Waals surface area contributed by atoms with E-state index in [-0.39, 0.29) is 24.5 Å². The Balaban J connectivity index is 1.33. The molecule has 180 valence electrons. The number of rotatable bonds is 8. The number of esters is 1. The van der Waals surface area contributed by atoms with E-state index < -0.39 is 0 Å². The second kappa shape index (κ2) is 10.6. The number of carbonyl (C=O) groups excluding carboxylic acids is 1. The third-order valence-electron chi connectivity index (χ3n) is 6.19. The predicted octanol–water partition coefficient (Wildman–Crippen LogP) is 4.43. The van der Waals surface area contributed by atoms with Crippen molar-refractivity contribution in [2.75, 3.05) is 38.5 Å². The Morgan fingerprint density at radius 2 is 1.68 bits per heavy atom. The molecule has 1 aliphatic carbocycles. The van der Waals surface area contributed by atoms with Crippen molar-refractivity contribution in [3.05, 3.63) is 48.0 Å². The van der Waals surface area contributed by atoms with Crippen LogP contribution in [0.2, 0.25) is 0 Å². The van der Waals surface area contributed by atoms with Crippen molar-refractivity contribution in [3.63, 3.8) is 0 Å². The van der Waals surface area contributed by atoms with Gasteiger partial charge in [-0.3, -0.25) is 4.79 Å². The van der Waals surface area contributed by atoms with Gasteiger partial charge in [0.1, 0.15) is 23.9 Å². The number of benzene rings is 2. The molecule has 2 aromatic carbocycles. The van der Waals surface area contributed by atoms with Crippen LogP contribution in [0.3, 0.4) is 0 Å². The molecule has 4 rings (SSSR count). The van der Waals surface area contributed by atoms with Crippen molar-refractivity contribution in [1.82, 2.24) is 9.97 Å². The summed E-state index contributed by atoms with van der Waals surface area (Å²) in [5, 5.41) is 4.51. The lowest BCUT2D eigenvalue weighted by atomic mass is 9.86. The fraction of sp³-hybridized carbons (Fsp3) is 0.423. The van der Waals surface area contributed by atoms with Gasteiger partial charge in [-0.05, 0) is 55.5 Å². The van der Waals surface area contributed by atoms with Crippen molar-refractivity contribution in [1.29, 1.82) is 0 Å². The summed E-state index contributed by atoms with van der Waals surface area (Å²) in [6, 6.07) is 13.7. The molecular weight excluding hydrogens is 432 g/mol. The summed E-state index contributed by atoms with van der Waals surface area (Å²) in [7, 11) is 7.16. The van der Waals surface area contributed by atoms with Gasteiger partial charge in [-0.1, -0.05) is 12.1 Å². The number of fused-ring (bicyclic) bond motifs is 1. The molecule has 1 N–H and O–H groups in total. The van der Waals surface area contributed by atoms with Crippen LogP contribution in [0.1, 0.15) is 31.2 Å². The lowest BCUT2D eigenvalue weighted by molar-refractivity contribution is -0.151. The molecule has 0 aliphatic heterocycles. The lowest BCUT2D eigenvalue weighted by Crippen LogP contribution is -2.31. The molecule has 0 saturated heterocycles. The van der Waals surface area contributed by atoms with Crippen LogP contribution >= 0.6 is 0 Å². The summed E-state index contributed by atoms with van der Waals surface area (Å²) in [6.45, 7) is 0.197. The molecule has 0 bridgehead atoms. The number of aromatic nitrogens is 2. The van der Waals surface area contributed by atoms with Gasteiger partial charge in [-0.15, -0.1) is 0 Å². The first-order chi connectivity index (χ1) is 16.5. The Hall–Kier alpha value is -3.55. The molecule has 8 nitrogen and oxygen atoms in total. The van der Waals surface area contributed by atoms with Gasteiger partial charge < -0.3 is 24.4 Å². The molecule has 0 spiro atoms. The fourth-order valence-corrected chi connectivity index (χ4v) is 4.34. The summed E-state index contributed by atoms with van der Waals surface area (Å²) in [5.41, 5.74) is 1.75. The monoisotopic (exact) mass is 464 g/mol. The zero-order chi connectivity index (χ0) is 24.1. The molecule has 8 heteroatoms. The lowest BCUT2D eigenvalue weighted by Gasteiger charge is -2.28. The number of anilines is 2. The van der Waals surface area contributed by atoms with Crippen LogP contribution in [0, 0.1) is 5.92 Å². The average Bonchev–Trinajstić information content (AvgIpc) is 2.86. The summed E-state index contributed by atoms with van der Waals surface area (Å²) in [5.74, 6) is 2.60. The largest absolute Gasteiger partial charge is 0.497 e. The van der Waals surface area contributed by atoms with Crippen molar-refractivity contribution in [3.8, 4) is 11.5 Å². The zero-order valence-electron chi connectivity index (χ0n) is 20.2. The van der Waals surface area contributed by atoms with Crippen molar-refractivity contribution < 1.29 is 19.0 Å². The van der Waals surface area contributed by atoms with Gasteiger partial charge in [0, 0.05) is 31.6 Å². The highest BCUT2D eigenvalue weighted by Gasteiger charge is 2.28. The smallest absolute Gasteiger partial charge is 0.309 e. The van der Waals surface area contributed by atoms with Crippen LogP contribution in [0.5, 0.6) is 11.5 Å². The minimum atomic E-state index is -0.155. The average molecular weight is 465 g/mol. The van der Waals surface area contributed by atoms with Crippen LogP contribution in [0.25, 0.3) is 10.9 Å². The van der Waals surface area contributed by atoms with Crippen molar-refractivity contribution in [2.45, 2.75) is 38.3 Å². The first-order valence-electron chi connectivity index (χ1n) is 11.6. The van der Waals surface area contributed by atoms with E-state index in [1.54, 1.807) is 20.3 Å². The number of nitrogens with one attached hydrogen (secondary N) is 1. The Morgan fingerprint density at radius 1 is 1.00 bits per heavy atom. The van der Waals surface area contributed by atoms with Gasteiger partial charge in [0.2, 0.25) is 5.95 Å². The summed E-state index contributed by atoms with van der Waals surface area (Å²) in [6.07, 6.45) is 3.26. The number of carbonyl (C=O) groups is 1. The van der Waals surface area contributed by atoms with Gasteiger partial charge in [0.15, 0.2) is 0 Å². The van der Waals surface area contributed by atoms with E-state index in [4.69, 9.17) is 24.2 Å². The Bertz CT molecular complexity index is 1120. The number of hydrogen-bond donors (Lipinski definition) is 1. The van der Waals surface area contributed by atoms with E-state index in [0.717, 1.165) is 48.0 Å². The maximum absolute atomic E-state index is 12.7. The molecule has 34 heavy (non-hydrogen) atoms. The first kappa shape index (κ1) is 23.6.